The number of carbonyl (C=O) groups excluding carboxylic acids is 2. The molecule has 0 aliphatic carbocycles. The number of amides is 2. The van der Waals surface area contributed by atoms with Gasteiger partial charge in [-0.3, -0.25) is 14.5 Å². The van der Waals surface area contributed by atoms with Crippen LogP contribution < -0.4 is 4.74 Å². The SMILES string of the molecule is CC1=C(C#N)C(=O)N(C)C(=O)/C1=C/c1cn(-c2ccccc2)nc1-c1ccc2c(c1)CC(C)O2. The highest BCUT2D eigenvalue weighted by molar-refractivity contribution is 6.19. The maximum atomic E-state index is 13.0. The molecule has 2 amide bonds. The summed E-state index contributed by atoms with van der Waals surface area (Å²) >= 11 is 0. The van der Waals surface area contributed by atoms with Crippen molar-refractivity contribution in [2.45, 2.75) is 26.4 Å². The van der Waals surface area contributed by atoms with Gasteiger partial charge in [0.05, 0.1) is 11.4 Å². The van der Waals surface area contributed by atoms with Gasteiger partial charge in [0, 0.05) is 36.4 Å². The Labute approximate surface area is 197 Å². The molecule has 0 saturated carbocycles. The number of benzene rings is 2. The standard InChI is InChI=1S/C27H22N4O3/c1-16-11-19-12-18(9-10-24(19)34-16)25-20(15-31(29-25)21-7-5-4-6-8-21)13-22-17(2)23(14-28)27(33)30(3)26(22)32/h4-10,12-13,15-16H,11H2,1-3H3/b22-13+. The first-order valence-corrected chi connectivity index (χ1v) is 11.0. The molecule has 0 radical (unpaired) electrons. The molecular formula is C27H22N4O3. The summed E-state index contributed by atoms with van der Waals surface area (Å²) in [5.74, 6) is -0.162. The Bertz CT molecular complexity index is 1440. The van der Waals surface area contributed by atoms with Crippen LogP contribution in [0.3, 0.4) is 0 Å². The highest BCUT2D eigenvalue weighted by Gasteiger charge is 2.33. The van der Waals surface area contributed by atoms with Crippen molar-refractivity contribution in [3.63, 3.8) is 0 Å². The molecule has 2 aliphatic heterocycles. The van der Waals surface area contributed by atoms with E-state index in [2.05, 4.69) is 6.07 Å². The molecule has 1 unspecified atom stereocenters. The van der Waals surface area contributed by atoms with Crippen molar-refractivity contribution in [1.29, 1.82) is 5.26 Å². The Morgan fingerprint density at radius 1 is 1.15 bits per heavy atom. The molecule has 2 aliphatic rings. The molecule has 7 heteroatoms. The summed E-state index contributed by atoms with van der Waals surface area (Å²) in [5.41, 5.74) is 4.91. The molecule has 2 aromatic carbocycles. The number of nitriles is 1. The third-order valence-corrected chi connectivity index (χ3v) is 6.18. The van der Waals surface area contributed by atoms with Crippen molar-refractivity contribution in [2.24, 2.45) is 0 Å². The molecule has 1 atom stereocenters. The van der Waals surface area contributed by atoms with Gasteiger partial charge in [-0.25, -0.2) is 4.68 Å². The van der Waals surface area contributed by atoms with Crippen molar-refractivity contribution < 1.29 is 14.3 Å². The first-order valence-electron chi connectivity index (χ1n) is 11.0. The van der Waals surface area contributed by atoms with E-state index in [0.717, 1.165) is 33.9 Å². The summed E-state index contributed by atoms with van der Waals surface area (Å²) in [5, 5.41) is 14.3. The third kappa shape index (κ3) is 3.50. The molecule has 7 nitrogen and oxygen atoms in total. The molecule has 0 saturated heterocycles. The van der Waals surface area contributed by atoms with Crippen LogP contribution in [0.25, 0.3) is 23.0 Å². The van der Waals surface area contributed by atoms with Gasteiger partial charge in [0.25, 0.3) is 11.8 Å². The minimum absolute atomic E-state index is 0.0333. The Morgan fingerprint density at radius 3 is 2.65 bits per heavy atom. The topological polar surface area (TPSA) is 88.2 Å². The summed E-state index contributed by atoms with van der Waals surface area (Å²) in [6.07, 6.45) is 4.51. The fourth-order valence-electron chi connectivity index (χ4n) is 4.35. The molecule has 3 aromatic rings. The number of nitrogens with zero attached hydrogens (tertiary/aromatic N) is 4. The number of carbonyl (C=O) groups is 2. The monoisotopic (exact) mass is 450 g/mol. The second kappa shape index (κ2) is 8.16. The van der Waals surface area contributed by atoms with E-state index in [-0.39, 0.29) is 11.7 Å². The van der Waals surface area contributed by atoms with Crippen molar-refractivity contribution in [3.8, 4) is 28.8 Å². The van der Waals surface area contributed by atoms with Crippen LogP contribution in [0.15, 0.2) is 71.4 Å². The van der Waals surface area contributed by atoms with Gasteiger partial charge in [0.15, 0.2) is 0 Å². The third-order valence-electron chi connectivity index (χ3n) is 6.18. The first-order chi connectivity index (χ1) is 16.4. The average molecular weight is 450 g/mol. The summed E-state index contributed by atoms with van der Waals surface area (Å²) in [6, 6.07) is 17.6. The largest absolute Gasteiger partial charge is 0.490 e. The lowest BCUT2D eigenvalue weighted by atomic mass is 9.93. The number of para-hydroxylation sites is 1. The maximum absolute atomic E-state index is 13.0. The number of rotatable bonds is 3. The molecule has 0 spiro atoms. The van der Waals surface area contributed by atoms with Crippen LogP contribution in [-0.2, 0) is 16.0 Å². The first kappa shape index (κ1) is 21.4. The van der Waals surface area contributed by atoms with Crippen LogP contribution in [-0.4, -0.2) is 39.6 Å². The molecule has 0 bridgehead atoms. The van der Waals surface area contributed by atoms with Gasteiger partial charge < -0.3 is 4.74 Å². The number of hydrogen-bond acceptors (Lipinski definition) is 5. The Kier molecular flexibility index (Phi) is 5.14. The lowest BCUT2D eigenvalue weighted by Gasteiger charge is -2.23. The fraction of sp³-hybridized carbons (Fsp3) is 0.185. The number of hydrogen-bond donors (Lipinski definition) is 0. The number of aromatic nitrogens is 2. The molecular weight excluding hydrogens is 428 g/mol. The van der Waals surface area contributed by atoms with E-state index in [1.54, 1.807) is 17.7 Å². The van der Waals surface area contributed by atoms with Crippen LogP contribution in [0, 0.1) is 11.3 Å². The van der Waals surface area contributed by atoms with Gasteiger partial charge >= 0.3 is 0 Å². The predicted octanol–water partition coefficient (Wildman–Crippen LogP) is 4.08. The van der Waals surface area contributed by atoms with E-state index in [1.807, 2.05) is 61.7 Å². The summed E-state index contributed by atoms with van der Waals surface area (Å²) in [4.78, 5) is 26.3. The second-order valence-corrected chi connectivity index (χ2v) is 8.51. The summed E-state index contributed by atoms with van der Waals surface area (Å²) in [6.45, 7) is 3.66. The maximum Gasteiger partial charge on any atom is 0.271 e. The number of fused-ring (bicyclic) bond motifs is 1. The quantitative estimate of drug-likeness (QED) is 0.443. The number of ether oxygens (including phenoxy) is 1. The summed E-state index contributed by atoms with van der Waals surface area (Å²) < 4.78 is 7.61. The van der Waals surface area contributed by atoms with Gasteiger partial charge in [-0.15, -0.1) is 0 Å². The normalized spacial score (nSPS) is 18.8. The highest BCUT2D eigenvalue weighted by atomic mass is 16.5. The van der Waals surface area contributed by atoms with Gasteiger partial charge in [-0.05, 0) is 61.4 Å². The Hall–Kier alpha value is -4.44. The van der Waals surface area contributed by atoms with Gasteiger partial charge in [0.1, 0.15) is 23.5 Å². The van der Waals surface area contributed by atoms with Crippen molar-refractivity contribution >= 4 is 17.9 Å². The molecule has 1 aromatic heterocycles. The van der Waals surface area contributed by atoms with Crippen LogP contribution in [0.2, 0.25) is 0 Å². The van der Waals surface area contributed by atoms with E-state index in [4.69, 9.17) is 9.84 Å². The van der Waals surface area contributed by atoms with Crippen LogP contribution in [0.1, 0.15) is 25.0 Å². The van der Waals surface area contributed by atoms with Crippen molar-refractivity contribution in [2.75, 3.05) is 7.05 Å². The number of likely N-dealkylation sites (N-methyl/N-ethyl adjacent to an activating group) is 1. The average Bonchev–Trinajstić information content (AvgIpc) is 3.43. The minimum Gasteiger partial charge on any atom is -0.490 e. The highest BCUT2D eigenvalue weighted by Crippen LogP contribution is 2.35. The van der Waals surface area contributed by atoms with E-state index in [9.17, 15) is 14.9 Å². The van der Waals surface area contributed by atoms with Crippen LogP contribution in [0.4, 0.5) is 0 Å². The van der Waals surface area contributed by atoms with E-state index in [0.29, 0.717) is 22.4 Å². The molecule has 5 rings (SSSR count). The Balaban J connectivity index is 1.70. The molecule has 0 N–H and O–H groups in total. The van der Waals surface area contributed by atoms with Crippen LogP contribution in [0.5, 0.6) is 5.75 Å². The lowest BCUT2D eigenvalue weighted by molar-refractivity contribution is -0.138. The molecule has 0 fully saturated rings. The smallest absolute Gasteiger partial charge is 0.271 e. The van der Waals surface area contributed by atoms with E-state index >= 15 is 0 Å². The van der Waals surface area contributed by atoms with Gasteiger partial charge in [-0.2, -0.15) is 10.4 Å². The number of imide groups is 1. The molecule has 168 valence electrons. The van der Waals surface area contributed by atoms with E-state index in [1.165, 1.54) is 7.05 Å². The van der Waals surface area contributed by atoms with Gasteiger partial charge in [-0.1, -0.05) is 18.2 Å². The second-order valence-electron chi connectivity index (χ2n) is 8.51. The lowest BCUT2D eigenvalue weighted by Crippen LogP contribution is -2.39. The zero-order chi connectivity index (χ0) is 24.0. The molecule has 34 heavy (non-hydrogen) atoms. The minimum atomic E-state index is -0.588. The van der Waals surface area contributed by atoms with E-state index < -0.39 is 11.8 Å². The summed E-state index contributed by atoms with van der Waals surface area (Å²) in [7, 11) is 1.39. The molecule has 3 heterocycles. The Morgan fingerprint density at radius 2 is 1.91 bits per heavy atom. The van der Waals surface area contributed by atoms with Crippen molar-refractivity contribution in [3.05, 3.63) is 82.6 Å². The fourth-order valence-corrected chi connectivity index (χ4v) is 4.35. The van der Waals surface area contributed by atoms with Gasteiger partial charge in [0.2, 0.25) is 0 Å². The van der Waals surface area contributed by atoms with Crippen molar-refractivity contribution in [1.82, 2.24) is 14.7 Å². The van der Waals surface area contributed by atoms with Crippen LogP contribution >= 0.6 is 0 Å². The predicted molar refractivity (Wildman–Crippen MR) is 127 cm³/mol. The zero-order valence-corrected chi connectivity index (χ0v) is 19.1. The zero-order valence-electron chi connectivity index (χ0n) is 19.1.